The van der Waals surface area contributed by atoms with E-state index in [0.717, 1.165) is 5.56 Å². The van der Waals surface area contributed by atoms with Gasteiger partial charge in [-0.05, 0) is 29.8 Å². The summed E-state index contributed by atoms with van der Waals surface area (Å²) >= 11 is 12.7. The predicted molar refractivity (Wildman–Crippen MR) is 127 cm³/mol. The first-order valence-corrected chi connectivity index (χ1v) is 11.2. The van der Waals surface area contributed by atoms with E-state index in [0.29, 0.717) is 23.3 Å². The molecule has 9 heteroatoms. The molecule has 3 aromatic carbocycles. The van der Waals surface area contributed by atoms with Crippen molar-refractivity contribution >= 4 is 35.1 Å². The molecule has 0 aromatic heterocycles. The number of phenols is 1. The van der Waals surface area contributed by atoms with Crippen LogP contribution in [0.15, 0.2) is 54.6 Å². The average molecular weight is 502 g/mol. The Labute approximate surface area is 205 Å². The van der Waals surface area contributed by atoms with Crippen LogP contribution in [-0.2, 0) is 24.3 Å². The van der Waals surface area contributed by atoms with Crippen molar-refractivity contribution in [3.05, 3.63) is 92.5 Å². The van der Waals surface area contributed by atoms with Crippen LogP contribution in [0.4, 0.5) is 4.79 Å². The monoisotopic (exact) mass is 501 g/mol. The number of ether oxygens (including phenoxy) is 2. The summed E-state index contributed by atoms with van der Waals surface area (Å²) < 4.78 is 10.7. The molecule has 34 heavy (non-hydrogen) atoms. The fourth-order valence-electron chi connectivity index (χ4n) is 3.63. The lowest BCUT2D eigenvalue weighted by Gasteiger charge is -2.12. The molecule has 0 radical (unpaired) electrons. The van der Waals surface area contributed by atoms with Crippen molar-refractivity contribution < 1.29 is 29.3 Å². The first-order chi connectivity index (χ1) is 16.4. The predicted octanol–water partition coefficient (Wildman–Crippen LogP) is 4.65. The van der Waals surface area contributed by atoms with E-state index in [9.17, 15) is 19.8 Å². The first kappa shape index (κ1) is 23.9. The topological polar surface area (TPSA) is 105 Å². The highest BCUT2D eigenvalue weighted by Crippen LogP contribution is 2.43. The van der Waals surface area contributed by atoms with Crippen molar-refractivity contribution in [2.75, 3.05) is 6.61 Å². The first-order valence-electron chi connectivity index (χ1n) is 10.5. The molecular weight excluding hydrogens is 481 g/mol. The molecule has 0 saturated carbocycles. The van der Waals surface area contributed by atoms with Crippen LogP contribution in [0.1, 0.15) is 32.6 Å². The number of nitrogens with one attached hydrogen (secondary N) is 1. The zero-order chi connectivity index (χ0) is 24.2. The van der Waals surface area contributed by atoms with E-state index in [1.807, 2.05) is 30.3 Å². The van der Waals surface area contributed by atoms with E-state index in [2.05, 4.69) is 5.32 Å². The van der Waals surface area contributed by atoms with Gasteiger partial charge in [-0.3, -0.25) is 4.79 Å². The van der Waals surface area contributed by atoms with Gasteiger partial charge in [-0.25, -0.2) is 4.79 Å². The smallest absolute Gasteiger partial charge is 0.407 e. The highest BCUT2D eigenvalue weighted by atomic mass is 35.5. The van der Waals surface area contributed by atoms with E-state index >= 15 is 0 Å². The Morgan fingerprint density at radius 1 is 1.09 bits per heavy atom. The number of benzene rings is 3. The van der Waals surface area contributed by atoms with Gasteiger partial charge in [0.25, 0.3) is 0 Å². The molecule has 0 saturated heterocycles. The third-order valence-corrected chi connectivity index (χ3v) is 6.25. The quantitative estimate of drug-likeness (QED) is 0.407. The van der Waals surface area contributed by atoms with Crippen molar-refractivity contribution in [2.24, 2.45) is 0 Å². The minimum absolute atomic E-state index is 0.0428. The van der Waals surface area contributed by atoms with Gasteiger partial charge >= 0.3 is 6.09 Å². The highest BCUT2D eigenvalue weighted by Gasteiger charge is 2.29. The molecule has 3 N–H and O–H groups in total. The fourth-order valence-corrected chi connectivity index (χ4v) is 4.12. The summed E-state index contributed by atoms with van der Waals surface area (Å²) in [5.41, 5.74) is 2.28. The van der Waals surface area contributed by atoms with E-state index in [4.69, 9.17) is 32.7 Å². The lowest BCUT2D eigenvalue weighted by molar-refractivity contribution is 0.103. The maximum atomic E-state index is 13.2. The molecule has 0 fully saturated rings. The molecule has 3 aromatic rings. The van der Waals surface area contributed by atoms with Crippen molar-refractivity contribution in [1.29, 1.82) is 0 Å². The number of hydrogen-bond donors (Lipinski definition) is 3. The third kappa shape index (κ3) is 5.12. The molecule has 1 aliphatic heterocycles. The van der Waals surface area contributed by atoms with Gasteiger partial charge in [0.05, 0.1) is 11.6 Å². The summed E-state index contributed by atoms with van der Waals surface area (Å²) in [6.45, 7) is -0.130. The lowest BCUT2D eigenvalue weighted by atomic mass is 9.98. The second-order valence-corrected chi connectivity index (χ2v) is 8.51. The van der Waals surface area contributed by atoms with Crippen molar-refractivity contribution in [2.45, 2.75) is 25.7 Å². The SMILES string of the molecule is O=C(NCc1cc(C(=O)c2cc3c(c(Cl)c2Cl)OC(CO)C3)ccc1O)OCc1ccccc1. The minimum atomic E-state index is -0.660. The van der Waals surface area contributed by atoms with Crippen LogP contribution >= 0.6 is 23.2 Å². The third-order valence-electron chi connectivity index (χ3n) is 5.40. The normalized spacial score (nSPS) is 14.3. The maximum absolute atomic E-state index is 13.2. The summed E-state index contributed by atoms with van der Waals surface area (Å²) in [6.07, 6.45) is -0.701. The Balaban J connectivity index is 1.47. The molecule has 1 aliphatic rings. The van der Waals surface area contributed by atoms with E-state index in [1.165, 1.54) is 18.2 Å². The number of carbonyl (C=O) groups excluding carboxylic acids is 2. The number of ketones is 1. The van der Waals surface area contributed by atoms with Crippen molar-refractivity contribution in [3.8, 4) is 11.5 Å². The maximum Gasteiger partial charge on any atom is 0.407 e. The molecule has 0 spiro atoms. The van der Waals surface area contributed by atoms with Crippen LogP contribution in [-0.4, -0.2) is 34.8 Å². The highest BCUT2D eigenvalue weighted by molar-refractivity contribution is 6.45. The molecule has 1 atom stereocenters. The van der Waals surface area contributed by atoms with Crippen LogP contribution in [0.2, 0.25) is 10.0 Å². The molecule has 4 rings (SSSR count). The van der Waals surface area contributed by atoms with Gasteiger partial charge in [0.15, 0.2) is 5.78 Å². The Morgan fingerprint density at radius 2 is 1.85 bits per heavy atom. The minimum Gasteiger partial charge on any atom is -0.508 e. The number of aliphatic hydroxyl groups excluding tert-OH is 1. The van der Waals surface area contributed by atoms with Gasteiger partial charge in [-0.15, -0.1) is 0 Å². The Bertz CT molecular complexity index is 1230. The summed E-state index contributed by atoms with van der Waals surface area (Å²) in [4.78, 5) is 25.2. The number of aromatic hydroxyl groups is 1. The van der Waals surface area contributed by atoms with Gasteiger partial charge in [0, 0.05) is 35.2 Å². The molecule has 7 nitrogen and oxygen atoms in total. The van der Waals surface area contributed by atoms with Crippen LogP contribution in [0, 0.1) is 0 Å². The number of fused-ring (bicyclic) bond motifs is 1. The molecule has 1 heterocycles. The van der Waals surface area contributed by atoms with E-state index in [1.54, 1.807) is 6.07 Å². The number of carbonyl (C=O) groups is 2. The Kier molecular flexibility index (Phi) is 7.26. The number of phenolic OH excluding ortho intramolecular Hbond substituents is 1. The number of rotatable bonds is 7. The van der Waals surface area contributed by atoms with Gasteiger partial charge < -0.3 is 25.0 Å². The second-order valence-electron chi connectivity index (χ2n) is 7.75. The summed E-state index contributed by atoms with van der Waals surface area (Å²) in [5, 5.41) is 22.3. The van der Waals surface area contributed by atoms with E-state index in [-0.39, 0.29) is 46.7 Å². The number of aliphatic hydroxyl groups is 1. The lowest BCUT2D eigenvalue weighted by Crippen LogP contribution is -2.23. The zero-order valence-corrected chi connectivity index (χ0v) is 19.4. The Morgan fingerprint density at radius 3 is 2.59 bits per heavy atom. The number of halogens is 2. The molecule has 176 valence electrons. The zero-order valence-electron chi connectivity index (χ0n) is 17.9. The molecule has 0 bridgehead atoms. The van der Waals surface area contributed by atoms with E-state index < -0.39 is 18.0 Å². The summed E-state index contributed by atoms with van der Waals surface area (Å²) in [7, 11) is 0. The molecule has 1 amide bonds. The fraction of sp³-hybridized carbons (Fsp3) is 0.200. The van der Waals surface area contributed by atoms with Crippen molar-refractivity contribution in [3.63, 3.8) is 0 Å². The number of alkyl carbamates (subject to hydrolysis) is 1. The van der Waals surface area contributed by atoms with Gasteiger partial charge in [-0.2, -0.15) is 0 Å². The second kappa shape index (κ2) is 10.3. The average Bonchev–Trinajstić information content (AvgIpc) is 3.28. The molecular formula is C25H21Cl2NO6. The molecule has 0 aliphatic carbocycles. The van der Waals surface area contributed by atoms with Gasteiger partial charge in [0.1, 0.15) is 29.2 Å². The standard InChI is InChI=1S/C25H21Cl2NO6/c26-21-19(10-16-9-18(12-29)34-24(16)22(21)27)23(31)15-6-7-20(30)17(8-15)11-28-25(32)33-13-14-4-2-1-3-5-14/h1-8,10,18,29-30H,9,11-13H2,(H,28,32). The van der Waals surface area contributed by atoms with Gasteiger partial charge in [-0.1, -0.05) is 53.5 Å². The van der Waals surface area contributed by atoms with Crippen LogP contribution in [0.5, 0.6) is 11.5 Å². The summed E-state index contributed by atoms with van der Waals surface area (Å²) in [5.74, 6) is -0.126. The summed E-state index contributed by atoms with van der Waals surface area (Å²) in [6, 6.07) is 15.1. The van der Waals surface area contributed by atoms with Crippen LogP contribution in [0.3, 0.4) is 0 Å². The van der Waals surface area contributed by atoms with Crippen LogP contribution in [0.25, 0.3) is 0 Å². The Hall–Kier alpha value is -3.26. The van der Waals surface area contributed by atoms with Gasteiger partial charge in [0.2, 0.25) is 0 Å². The number of amides is 1. The van der Waals surface area contributed by atoms with Crippen LogP contribution < -0.4 is 10.1 Å². The number of hydrogen-bond acceptors (Lipinski definition) is 6. The molecule has 1 unspecified atom stereocenters. The van der Waals surface area contributed by atoms with Crippen molar-refractivity contribution in [1.82, 2.24) is 5.32 Å². The largest absolute Gasteiger partial charge is 0.508 e.